The fraction of sp³-hybridized carbons (Fsp3) is 0.769. The first-order chi connectivity index (χ1) is 8.95. The molecule has 0 aromatic rings. The van der Waals surface area contributed by atoms with E-state index in [0.717, 1.165) is 6.42 Å². The van der Waals surface area contributed by atoms with Gasteiger partial charge in [-0.15, -0.1) is 0 Å². The predicted molar refractivity (Wildman–Crippen MR) is 69.4 cm³/mol. The number of carboxylic acid groups (broad SMARTS) is 1. The van der Waals surface area contributed by atoms with Gasteiger partial charge in [0.15, 0.2) is 0 Å². The van der Waals surface area contributed by atoms with Crippen molar-refractivity contribution in [1.82, 2.24) is 10.6 Å². The van der Waals surface area contributed by atoms with Crippen LogP contribution in [-0.2, 0) is 14.4 Å². The van der Waals surface area contributed by atoms with Crippen molar-refractivity contribution < 1.29 is 19.5 Å². The number of carboxylic acids is 1. The lowest BCUT2D eigenvalue weighted by Crippen LogP contribution is -2.42. The summed E-state index contributed by atoms with van der Waals surface area (Å²) >= 11 is 0. The monoisotopic (exact) mass is 270 g/mol. The van der Waals surface area contributed by atoms with Gasteiger partial charge in [-0.3, -0.25) is 9.59 Å². The van der Waals surface area contributed by atoms with Crippen LogP contribution in [0.15, 0.2) is 0 Å². The highest BCUT2D eigenvalue weighted by molar-refractivity contribution is 5.85. The molecule has 1 aliphatic carbocycles. The second-order valence-electron chi connectivity index (χ2n) is 5.11. The van der Waals surface area contributed by atoms with E-state index in [1.54, 1.807) is 0 Å². The van der Waals surface area contributed by atoms with Gasteiger partial charge < -0.3 is 15.7 Å². The van der Waals surface area contributed by atoms with Crippen LogP contribution in [0.2, 0.25) is 0 Å². The quantitative estimate of drug-likeness (QED) is 0.599. The summed E-state index contributed by atoms with van der Waals surface area (Å²) in [4.78, 5) is 33.9. The summed E-state index contributed by atoms with van der Waals surface area (Å²) in [7, 11) is 0. The summed E-state index contributed by atoms with van der Waals surface area (Å²) in [5.41, 5.74) is 0. The van der Waals surface area contributed by atoms with E-state index in [9.17, 15) is 14.4 Å². The van der Waals surface area contributed by atoms with E-state index < -0.39 is 12.0 Å². The Morgan fingerprint density at radius 2 is 2.00 bits per heavy atom. The maximum absolute atomic E-state index is 11.5. The molecule has 0 aliphatic heterocycles. The van der Waals surface area contributed by atoms with Crippen LogP contribution in [0.1, 0.15) is 39.5 Å². The van der Waals surface area contributed by atoms with E-state index in [-0.39, 0.29) is 30.7 Å². The minimum absolute atomic E-state index is 0.0105. The molecular formula is C13H22N2O4. The van der Waals surface area contributed by atoms with E-state index in [1.165, 1.54) is 0 Å². The smallest absolute Gasteiger partial charge is 0.326 e. The molecule has 19 heavy (non-hydrogen) atoms. The highest BCUT2D eigenvalue weighted by atomic mass is 16.4. The van der Waals surface area contributed by atoms with Crippen molar-refractivity contribution >= 4 is 17.8 Å². The molecule has 0 aromatic carbocycles. The van der Waals surface area contributed by atoms with E-state index in [1.807, 2.05) is 13.8 Å². The van der Waals surface area contributed by atoms with Crippen molar-refractivity contribution in [2.24, 2.45) is 11.8 Å². The first kappa shape index (κ1) is 15.5. The van der Waals surface area contributed by atoms with Gasteiger partial charge in [-0.25, -0.2) is 4.79 Å². The molecule has 3 atom stereocenters. The number of hydrogen-bond donors (Lipinski definition) is 3. The lowest BCUT2D eigenvalue weighted by atomic mass is 10.1. The van der Waals surface area contributed by atoms with E-state index in [2.05, 4.69) is 10.6 Å². The first-order valence-electron chi connectivity index (χ1n) is 6.75. The number of aliphatic carboxylic acids is 1. The first-order valence-corrected chi connectivity index (χ1v) is 6.75. The van der Waals surface area contributed by atoms with Gasteiger partial charge >= 0.3 is 5.97 Å². The Labute approximate surface area is 112 Å². The van der Waals surface area contributed by atoms with Crippen molar-refractivity contribution in [3.63, 3.8) is 0 Å². The Kier molecular flexibility index (Phi) is 5.79. The normalized spacial score (nSPS) is 22.4. The van der Waals surface area contributed by atoms with Gasteiger partial charge in [0, 0.05) is 18.9 Å². The van der Waals surface area contributed by atoms with Crippen molar-refractivity contribution in [3.05, 3.63) is 0 Å². The zero-order valence-corrected chi connectivity index (χ0v) is 11.4. The van der Waals surface area contributed by atoms with Crippen molar-refractivity contribution in [1.29, 1.82) is 0 Å². The summed E-state index contributed by atoms with van der Waals surface area (Å²) in [6.45, 7) is 4.13. The fourth-order valence-electron chi connectivity index (χ4n) is 1.93. The Morgan fingerprint density at radius 3 is 2.47 bits per heavy atom. The van der Waals surface area contributed by atoms with E-state index >= 15 is 0 Å². The minimum Gasteiger partial charge on any atom is -0.480 e. The lowest BCUT2D eigenvalue weighted by molar-refractivity contribution is -0.142. The standard InChI is InChI=1S/C13H22N2O4/c1-3-4-10(13(18)19)15-11(16)5-6-14-12(17)9-7-8(9)2/h8-10H,3-7H2,1-2H3,(H,14,17)(H,15,16)(H,18,19)/t8?,9?,10-/m0/s1. The summed E-state index contributed by atoms with van der Waals surface area (Å²) in [5.74, 6) is -0.843. The molecule has 3 N–H and O–H groups in total. The third kappa shape index (κ3) is 5.28. The van der Waals surface area contributed by atoms with Gasteiger partial charge in [0.2, 0.25) is 11.8 Å². The van der Waals surface area contributed by atoms with Crippen molar-refractivity contribution in [2.45, 2.75) is 45.6 Å². The molecule has 0 radical (unpaired) electrons. The van der Waals surface area contributed by atoms with Gasteiger partial charge in [-0.1, -0.05) is 20.3 Å². The molecule has 108 valence electrons. The average molecular weight is 270 g/mol. The highest BCUT2D eigenvalue weighted by Crippen LogP contribution is 2.37. The van der Waals surface area contributed by atoms with Crippen molar-refractivity contribution in [3.8, 4) is 0 Å². The molecule has 0 heterocycles. The molecule has 1 rings (SSSR count). The zero-order valence-electron chi connectivity index (χ0n) is 11.4. The fourth-order valence-corrected chi connectivity index (χ4v) is 1.93. The molecule has 0 bridgehead atoms. The Bertz CT molecular complexity index is 357. The number of carbonyl (C=O) groups excluding carboxylic acids is 2. The summed E-state index contributed by atoms with van der Waals surface area (Å²) in [6, 6.07) is -0.836. The van der Waals surface area contributed by atoms with E-state index in [0.29, 0.717) is 18.8 Å². The van der Waals surface area contributed by atoms with Gasteiger partial charge in [-0.05, 0) is 18.8 Å². The maximum atomic E-state index is 11.5. The predicted octanol–water partition coefficient (Wildman–Crippen LogP) is 0.518. The minimum atomic E-state index is -1.02. The summed E-state index contributed by atoms with van der Waals surface area (Å²) in [6.07, 6.45) is 2.12. The molecule has 6 nitrogen and oxygen atoms in total. The molecule has 6 heteroatoms. The Balaban J connectivity index is 2.19. The van der Waals surface area contributed by atoms with Crippen LogP contribution < -0.4 is 10.6 Å². The highest BCUT2D eigenvalue weighted by Gasteiger charge is 2.38. The average Bonchev–Trinajstić information content (AvgIpc) is 3.05. The number of hydrogen-bond acceptors (Lipinski definition) is 3. The number of nitrogens with one attached hydrogen (secondary N) is 2. The van der Waals surface area contributed by atoms with Crippen LogP contribution in [0.5, 0.6) is 0 Å². The third-order valence-corrected chi connectivity index (χ3v) is 3.31. The molecule has 1 saturated carbocycles. The lowest BCUT2D eigenvalue weighted by Gasteiger charge is -2.13. The van der Waals surface area contributed by atoms with Crippen molar-refractivity contribution in [2.75, 3.05) is 6.54 Å². The van der Waals surface area contributed by atoms with Crippen LogP contribution in [0.25, 0.3) is 0 Å². The van der Waals surface area contributed by atoms with E-state index in [4.69, 9.17) is 5.11 Å². The van der Waals surface area contributed by atoms with Crippen LogP contribution >= 0.6 is 0 Å². The van der Waals surface area contributed by atoms with Gasteiger partial charge in [0.25, 0.3) is 0 Å². The molecule has 1 aliphatic rings. The number of rotatable bonds is 8. The molecular weight excluding hydrogens is 248 g/mol. The molecule has 1 fully saturated rings. The SMILES string of the molecule is CCC[C@H](NC(=O)CCNC(=O)C1CC1C)C(=O)O. The molecule has 0 aromatic heterocycles. The Morgan fingerprint density at radius 1 is 1.37 bits per heavy atom. The van der Waals surface area contributed by atoms with Crippen LogP contribution in [0.3, 0.4) is 0 Å². The number of amides is 2. The summed E-state index contributed by atoms with van der Waals surface area (Å²) < 4.78 is 0. The van der Waals surface area contributed by atoms with Crippen LogP contribution in [-0.4, -0.2) is 35.5 Å². The molecule has 0 spiro atoms. The van der Waals surface area contributed by atoms with Crippen LogP contribution in [0, 0.1) is 11.8 Å². The maximum Gasteiger partial charge on any atom is 0.326 e. The topological polar surface area (TPSA) is 95.5 Å². The third-order valence-electron chi connectivity index (χ3n) is 3.31. The number of carbonyl (C=O) groups is 3. The molecule has 0 saturated heterocycles. The van der Waals surface area contributed by atoms with Gasteiger partial charge in [0.05, 0.1) is 0 Å². The zero-order chi connectivity index (χ0) is 14.4. The largest absolute Gasteiger partial charge is 0.480 e. The Hall–Kier alpha value is -1.59. The molecule has 2 unspecified atom stereocenters. The van der Waals surface area contributed by atoms with Gasteiger partial charge in [-0.2, -0.15) is 0 Å². The summed E-state index contributed by atoms with van der Waals surface area (Å²) in [5, 5.41) is 14.0. The van der Waals surface area contributed by atoms with Gasteiger partial charge in [0.1, 0.15) is 6.04 Å². The van der Waals surface area contributed by atoms with Crippen LogP contribution in [0.4, 0.5) is 0 Å². The molecule has 2 amide bonds. The second-order valence-corrected chi connectivity index (χ2v) is 5.11. The second kappa shape index (κ2) is 7.11.